The third-order valence-corrected chi connectivity index (χ3v) is 5.09. The first-order chi connectivity index (χ1) is 13.0. The van der Waals surface area contributed by atoms with E-state index in [-0.39, 0.29) is 11.8 Å². The Labute approximate surface area is 160 Å². The molecule has 1 aromatic rings. The molecular weight excluding hydrogens is 344 g/mol. The highest BCUT2D eigenvalue weighted by atomic mass is 16.4. The second kappa shape index (κ2) is 10.1. The normalized spacial score (nSPS) is 19.3. The first kappa shape index (κ1) is 20.9. The first-order valence-electron chi connectivity index (χ1n) is 9.90. The number of anilines is 1. The molecule has 1 aliphatic rings. The van der Waals surface area contributed by atoms with Crippen LogP contribution in [0.5, 0.6) is 0 Å². The summed E-state index contributed by atoms with van der Waals surface area (Å²) < 4.78 is 0. The Kier molecular flexibility index (Phi) is 7.82. The number of carboxylic acids is 1. The predicted octanol–water partition coefficient (Wildman–Crippen LogP) is 3.78. The average molecular weight is 374 g/mol. The Morgan fingerprint density at radius 3 is 2.07 bits per heavy atom. The molecule has 1 fully saturated rings. The van der Waals surface area contributed by atoms with Crippen LogP contribution < -0.4 is 5.32 Å². The lowest BCUT2D eigenvalue weighted by atomic mass is 9.78. The Bertz CT molecular complexity index is 651. The zero-order chi connectivity index (χ0) is 19.8. The van der Waals surface area contributed by atoms with E-state index in [1.165, 1.54) is 0 Å². The van der Waals surface area contributed by atoms with Crippen LogP contribution in [0.4, 0.5) is 5.69 Å². The molecule has 0 aromatic heterocycles. The molecule has 1 aliphatic carbocycles. The van der Waals surface area contributed by atoms with Crippen molar-refractivity contribution in [1.82, 2.24) is 4.90 Å². The lowest BCUT2D eigenvalue weighted by Gasteiger charge is -2.27. The van der Waals surface area contributed by atoms with Crippen molar-refractivity contribution in [1.29, 1.82) is 0 Å². The number of rotatable bonds is 8. The second-order valence-corrected chi connectivity index (χ2v) is 7.19. The van der Waals surface area contributed by atoms with Gasteiger partial charge in [-0.05, 0) is 49.9 Å². The summed E-state index contributed by atoms with van der Waals surface area (Å²) in [6.45, 7) is 5.54. The van der Waals surface area contributed by atoms with Gasteiger partial charge in [0, 0.05) is 24.3 Å². The maximum absolute atomic E-state index is 12.6. The molecule has 27 heavy (non-hydrogen) atoms. The van der Waals surface area contributed by atoms with E-state index in [1.807, 2.05) is 18.7 Å². The van der Waals surface area contributed by atoms with Gasteiger partial charge in [0.1, 0.15) is 0 Å². The minimum absolute atomic E-state index is 0.00482. The molecule has 2 rings (SSSR count). The molecular formula is C21H30N2O4. The third-order valence-electron chi connectivity index (χ3n) is 5.09. The Morgan fingerprint density at radius 2 is 1.56 bits per heavy atom. The largest absolute Gasteiger partial charge is 0.481 e. The zero-order valence-corrected chi connectivity index (χ0v) is 16.2. The van der Waals surface area contributed by atoms with Crippen LogP contribution in [0.1, 0.15) is 62.7 Å². The van der Waals surface area contributed by atoms with Gasteiger partial charge in [-0.3, -0.25) is 14.4 Å². The summed E-state index contributed by atoms with van der Waals surface area (Å²) in [7, 11) is 0. The minimum atomic E-state index is -0.900. The van der Waals surface area contributed by atoms with Crippen molar-refractivity contribution in [2.75, 3.05) is 18.4 Å². The Morgan fingerprint density at radius 1 is 1.00 bits per heavy atom. The molecule has 2 atom stereocenters. The van der Waals surface area contributed by atoms with E-state index < -0.39 is 17.8 Å². The van der Waals surface area contributed by atoms with Crippen LogP contribution in [0.3, 0.4) is 0 Å². The van der Waals surface area contributed by atoms with Crippen LogP contribution in [0.15, 0.2) is 24.3 Å². The van der Waals surface area contributed by atoms with E-state index in [4.69, 9.17) is 0 Å². The molecule has 6 nitrogen and oxygen atoms in total. The van der Waals surface area contributed by atoms with Crippen LogP contribution in [0.2, 0.25) is 0 Å². The van der Waals surface area contributed by atoms with Gasteiger partial charge in [-0.25, -0.2) is 0 Å². The summed E-state index contributed by atoms with van der Waals surface area (Å²) in [5, 5.41) is 12.2. The molecule has 148 valence electrons. The quantitative estimate of drug-likeness (QED) is 0.725. The monoisotopic (exact) mass is 374 g/mol. The molecule has 0 saturated heterocycles. The van der Waals surface area contributed by atoms with Crippen molar-refractivity contribution in [3.63, 3.8) is 0 Å². The van der Waals surface area contributed by atoms with E-state index in [2.05, 4.69) is 5.32 Å². The van der Waals surface area contributed by atoms with Crippen molar-refractivity contribution < 1.29 is 19.5 Å². The minimum Gasteiger partial charge on any atom is -0.481 e. The highest BCUT2D eigenvalue weighted by Crippen LogP contribution is 2.31. The van der Waals surface area contributed by atoms with Gasteiger partial charge in [0.05, 0.1) is 11.8 Å². The van der Waals surface area contributed by atoms with E-state index in [1.54, 1.807) is 24.3 Å². The van der Waals surface area contributed by atoms with Crippen molar-refractivity contribution in [3.8, 4) is 0 Å². The van der Waals surface area contributed by atoms with Crippen molar-refractivity contribution in [3.05, 3.63) is 29.8 Å². The number of hydrogen-bond donors (Lipinski definition) is 2. The molecule has 2 N–H and O–H groups in total. The van der Waals surface area contributed by atoms with Crippen molar-refractivity contribution in [2.24, 2.45) is 11.8 Å². The zero-order valence-electron chi connectivity index (χ0n) is 16.2. The van der Waals surface area contributed by atoms with Crippen LogP contribution >= 0.6 is 0 Å². The van der Waals surface area contributed by atoms with Crippen LogP contribution in [0, 0.1) is 11.8 Å². The van der Waals surface area contributed by atoms with Gasteiger partial charge < -0.3 is 15.3 Å². The molecule has 2 amide bonds. The maximum atomic E-state index is 12.6. The number of carbonyl (C=O) groups excluding carboxylic acids is 2. The number of nitrogens with zero attached hydrogens (tertiary/aromatic N) is 1. The fraction of sp³-hybridized carbons (Fsp3) is 0.571. The van der Waals surface area contributed by atoms with Gasteiger partial charge in [-0.1, -0.05) is 26.7 Å². The summed E-state index contributed by atoms with van der Waals surface area (Å²) in [5.41, 5.74) is 1.18. The molecule has 0 heterocycles. The van der Waals surface area contributed by atoms with Gasteiger partial charge >= 0.3 is 5.97 Å². The first-order valence-corrected chi connectivity index (χ1v) is 9.90. The highest BCUT2D eigenvalue weighted by Gasteiger charge is 2.35. The van der Waals surface area contributed by atoms with E-state index >= 15 is 0 Å². The van der Waals surface area contributed by atoms with Crippen LogP contribution in [0.25, 0.3) is 0 Å². The smallest absolute Gasteiger partial charge is 0.307 e. The van der Waals surface area contributed by atoms with Gasteiger partial charge in [-0.15, -0.1) is 0 Å². The highest BCUT2D eigenvalue weighted by molar-refractivity contribution is 5.97. The summed E-state index contributed by atoms with van der Waals surface area (Å²) in [5.74, 6) is -2.27. The summed E-state index contributed by atoms with van der Waals surface area (Å²) >= 11 is 0. The summed E-state index contributed by atoms with van der Waals surface area (Å²) in [6.07, 6.45) is 4.69. The Hall–Kier alpha value is -2.37. The summed E-state index contributed by atoms with van der Waals surface area (Å²) in [4.78, 5) is 38.4. The average Bonchev–Trinajstić information content (AvgIpc) is 2.67. The summed E-state index contributed by atoms with van der Waals surface area (Å²) in [6, 6.07) is 6.84. The van der Waals surface area contributed by atoms with Crippen LogP contribution in [-0.2, 0) is 9.59 Å². The molecule has 0 aliphatic heterocycles. The number of carbonyl (C=O) groups is 3. The molecule has 1 saturated carbocycles. The molecule has 0 bridgehead atoms. The number of hydrogen-bond acceptors (Lipinski definition) is 3. The SMILES string of the molecule is CCCN(CCC)C(=O)c1ccc(NC(=O)[C@H]2CCCC[C@H]2C(=O)O)cc1. The predicted molar refractivity (Wildman–Crippen MR) is 105 cm³/mol. The number of benzene rings is 1. The lowest BCUT2D eigenvalue weighted by molar-refractivity contribution is -0.147. The van der Waals surface area contributed by atoms with Crippen LogP contribution in [-0.4, -0.2) is 40.9 Å². The van der Waals surface area contributed by atoms with Gasteiger partial charge in [-0.2, -0.15) is 0 Å². The number of aliphatic carboxylic acids is 1. The number of amides is 2. The second-order valence-electron chi connectivity index (χ2n) is 7.19. The van der Waals surface area contributed by atoms with Gasteiger partial charge in [0.2, 0.25) is 5.91 Å². The number of carboxylic acid groups (broad SMARTS) is 1. The Balaban J connectivity index is 2.03. The van der Waals surface area contributed by atoms with Crippen molar-refractivity contribution >= 4 is 23.5 Å². The molecule has 0 unspecified atom stereocenters. The topological polar surface area (TPSA) is 86.7 Å². The maximum Gasteiger partial charge on any atom is 0.307 e. The molecule has 0 radical (unpaired) electrons. The molecule has 0 spiro atoms. The standard InChI is InChI=1S/C21H30N2O4/c1-3-13-23(14-4-2)20(25)15-9-11-16(12-10-15)22-19(24)17-7-5-6-8-18(17)21(26)27/h9-12,17-18H,3-8,13-14H2,1-2H3,(H,22,24)(H,26,27)/t17-,18+/m0/s1. The van der Waals surface area contributed by atoms with E-state index in [9.17, 15) is 19.5 Å². The van der Waals surface area contributed by atoms with Crippen molar-refractivity contribution in [2.45, 2.75) is 52.4 Å². The lowest BCUT2D eigenvalue weighted by Crippen LogP contribution is -2.36. The van der Waals surface area contributed by atoms with E-state index in [0.717, 1.165) is 38.8 Å². The molecule has 6 heteroatoms. The molecule has 1 aromatic carbocycles. The van der Waals surface area contributed by atoms with Gasteiger partial charge in [0.15, 0.2) is 0 Å². The van der Waals surface area contributed by atoms with Gasteiger partial charge in [0.25, 0.3) is 5.91 Å². The number of nitrogens with one attached hydrogen (secondary N) is 1. The third kappa shape index (κ3) is 5.55. The fourth-order valence-corrected chi connectivity index (χ4v) is 3.71. The van der Waals surface area contributed by atoms with E-state index in [0.29, 0.717) is 24.1 Å². The fourth-order valence-electron chi connectivity index (χ4n) is 3.71.